The van der Waals surface area contributed by atoms with Crippen LogP contribution >= 0.6 is 11.6 Å². The van der Waals surface area contributed by atoms with Crippen LogP contribution < -0.4 is 5.73 Å². The van der Waals surface area contributed by atoms with Crippen molar-refractivity contribution in [3.8, 4) is 0 Å². The fraction of sp³-hybridized carbons (Fsp3) is 0.625. The van der Waals surface area contributed by atoms with Gasteiger partial charge >= 0.3 is 0 Å². The fourth-order valence-electron chi connectivity index (χ4n) is 1.33. The maximum atomic E-state index is 9.68. The van der Waals surface area contributed by atoms with Crippen LogP contribution in [0, 0.1) is 6.92 Å². The number of hydrogen-bond acceptors (Lipinski definition) is 3. The van der Waals surface area contributed by atoms with Gasteiger partial charge in [0.2, 0.25) is 0 Å². The molecule has 1 aromatic heterocycles. The summed E-state index contributed by atoms with van der Waals surface area (Å²) in [5, 5.41) is 14.3. The summed E-state index contributed by atoms with van der Waals surface area (Å²) in [4.78, 5) is 0. The van der Waals surface area contributed by atoms with E-state index in [1.54, 1.807) is 11.7 Å². The number of aliphatic hydroxyl groups is 1. The van der Waals surface area contributed by atoms with Gasteiger partial charge in [-0.1, -0.05) is 11.6 Å². The number of nitrogens with two attached hydrogens (primary N) is 1. The molecule has 0 spiro atoms. The van der Waals surface area contributed by atoms with Crippen molar-refractivity contribution in [3.63, 3.8) is 0 Å². The Kier molecular flexibility index (Phi) is 3.30. The second-order valence-electron chi connectivity index (χ2n) is 3.01. The number of aryl methyl sites for hydroxylation is 2. The van der Waals surface area contributed by atoms with Crippen LogP contribution in [0.4, 0.5) is 0 Å². The highest BCUT2D eigenvalue weighted by Gasteiger charge is 2.18. The van der Waals surface area contributed by atoms with Gasteiger partial charge in [-0.05, 0) is 19.9 Å². The Bertz CT molecular complexity index is 298. The third kappa shape index (κ3) is 2.02. The van der Waals surface area contributed by atoms with Crippen LogP contribution in [0.25, 0.3) is 0 Å². The summed E-state index contributed by atoms with van der Waals surface area (Å²) >= 11 is 5.94. The minimum absolute atomic E-state index is 0.436. The molecule has 0 aliphatic rings. The van der Waals surface area contributed by atoms with Gasteiger partial charge in [0.15, 0.2) is 0 Å². The Hall–Kier alpha value is -0.580. The maximum Gasteiger partial charge on any atom is 0.132 e. The molecule has 1 atom stereocenters. The van der Waals surface area contributed by atoms with Crippen molar-refractivity contribution in [1.29, 1.82) is 0 Å². The Morgan fingerprint density at radius 2 is 2.31 bits per heavy atom. The molecule has 0 unspecified atom stereocenters. The van der Waals surface area contributed by atoms with Crippen molar-refractivity contribution in [3.05, 3.63) is 16.4 Å². The van der Waals surface area contributed by atoms with Crippen LogP contribution in [0.2, 0.25) is 5.15 Å². The van der Waals surface area contributed by atoms with Crippen LogP contribution in [0.5, 0.6) is 0 Å². The van der Waals surface area contributed by atoms with Gasteiger partial charge in [0, 0.05) is 12.6 Å². The molecule has 0 radical (unpaired) electrons. The highest BCUT2D eigenvalue weighted by atomic mass is 35.5. The molecule has 0 bridgehead atoms. The van der Waals surface area contributed by atoms with Gasteiger partial charge in [0.1, 0.15) is 5.15 Å². The monoisotopic (exact) mass is 203 g/mol. The van der Waals surface area contributed by atoms with E-state index in [4.69, 9.17) is 17.3 Å². The van der Waals surface area contributed by atoms with Gasteiger partial charge in [-0.3, -0.25) is 4.68 Å². The van der Waals surface area contributed by atoms with Crippen LogP contribution in [-0.4, -0.2) is 21.4 Å². The fourth-order valence-corrected chi connectivity index (χ4v) is 1.63. The first kappa shape index (κ1) is 10.5. The minimum atomic E-state index is -0.605. The van der Waals surface area contributed by atoms with Crippen molar-refractivity contribution >= 4 is 11.6 Å². The molecule has 74 valence electrons. The van der Waals surface area contributed by atoms with Gasteiger partial charge in [-0.15, -0.1) is 0 Å². The molecule has 5 heteroatoms. The molecule has 3 N–H and O–H groups in total. The van der Waals surface area contributed by atoms with Gasteiger partial charge < -0.3 is 10.8 Å². The average Bonchev–Trinajstić information content (AvgIpc) is 2.27. The lowest BCUT2D eigenvalue weighted by molar-refractivity contribution is 0.169. The van der Waals surface area contributed by atoms with Crippen LogP contribution in [0.3, 0.4) is 0 Å². The minimum Gasteiger partial charge on any atom is -0.388 e. The summed E-state index contributed by atoms with van der Waals surface area (Å²) < 4.78 is 1.55. The molecule has 0 fully saturated rings. The number of halogens is 1. The van der Waals surface area contributed by atoms with Crippen LogP contribution in [0.1, 0.15) is 23.8 Å². The molecule has 0 amide bonds. The van der Waals surface area contributed by atoms with Gasteiger partial charge in [0.25, 0.3) is 0 Å². The van der Waals surface area contributed by atoms with Gasteiger partial charge in [0.05, 0.1) is 11.8 Å². The van der Waals surface area contributed by atoms with Crippen molar-refractivity contribution < 1.29 is 5.11 Å². The Morgan fingerprint density at radius 1 is 1.69 bits per heavy atom. The molecule has 1 aromatic rings. The summed E-state index contributed by atoms with van der Waals surface area (Å²) in [6.45, 7) is 2.26. The van der Waals surface area contributed by atoms with Crippen molar-refractivity contribution in [1.82, 2.24) is 9.78 Å². The molecule has 4 nitrogen and oxygen atoms in total. The third-order valence-electron chi connectivity index (χ3n) is 1.97. The number of aromatic nitrogens is 2. The first-order valence-electron chi connectivity index (χ1n) is 4.15. The molecule has 0 aromatic carbocycles. The summed E-state index contributed by atoms with van der Waals surface area (Å²) in [7, 11) is 1.74. The molecule has 0 saturated carbocycles. The van der Waals surface area contributed by atoms with E-state index in [1.165, 1.54) is 0 Å². The highest BCUT2D eigenvalue weighted by Crippen LogP contribution is 2.27. The second kappa shape index (κ2) is 4.09. The largest absolute Gasteiger partial charge is 0.388 e. The number of hydrogen-bond donors (Lipinski definition) is 2. The predicted octanol–water partition coefficient (Wildman–Crippen LogP) is 0.764. The Labute approximate surface area is 82.3 Å². The molecule has 1 rings (SSSR count). The number of aliphatic hydroxyl groups excluding tert-OH is 1. The van der Waals surface area contributed by atoms with Crippen molar-refractivity contribution in [2.75, 3.05) is 6.54 Å². The first-order valence-corrected chi connectivity index (χ1v) is 4.52. The second-order valence-corrected chi connectivity index (χ2v) is 3.36. The maximum absolute atomic E-state index is 9.68. The Morgan fingerprint density at radius 3 is 2.69 bits per heavy atom. The number of nitrogens with zero attached hydrogens (tertiary/aromatic N) is 2. The SMILES string of the molecule is Cc1nn(C)c(Cl)c1[C@@H](O)CCN. The van der Waals surface area contributed by atoms with Crippen LogP contribution in [0.15, 0.2) is 0 Å². The molecule has 13 heavy (non-hydrogen) atoms. The third-order valence-corrected chi connectivity index (χ3v) is 2.42. The summed E-state index contributed by atoms with van der Waals surface area (Å²) in [5.74, 6) is 0. The predicted molar refractivity (Wildman–Crippen MR) is 51.6 cm³/mol. The van der Waals surface area contributed by atoms with Crippen molar-refractivity contribution in [2.45, 2.75) is 19.4 Å². The van der Waals surface area contributed by atoms with E-state index < -0.39 is 6.10 Å². The van der Waals surface area contributed by atoms with Gasteiger partial charge in [-0.25, -0.2) is 0 Å². The molecule has 0 aliphatic carbocycles. The van der Waals surface area contributed by atoms with E-state index in [0.717, 1.165) is 5.69 Å². The summed E-state index contributed by atoms with van der Waals surface area (Å²) in [5.41, 5.74) is 6.79. The van der Waals surface area contributed by atoms with E-state index in [2.05, 4.69) is 5.10 Å². The highest BCUT2D eigenvalue weighted by molar-refractivity contribution is 6.30. The molecular weight excluding hydrogens is 190 g/mol. The first-order chi connectivity index (χ1) is 6.07. The lowest BCUT2D eigenvalue weighted by Crippen LogP contribution is -2.07. The Balaban J connectivity index is 2.98. The lowest BCUT2D eigenvalue weighted by atomic mass is 10.1. The molecular formula is C8H14ClN3O. The quantitative estimate of drug-likeness (QED) is 0.763. The van der Waals surface area contributed by atoms with E-state index in [0.29, 0.717) is 23.7 Å². The average molecular weight is 204 g/mol. The molecule has 0 aliphatic heterocycles. The smallest absolute Gasteiger partial charge is 0.132 e. The molecule has 1 heterocycles. The number of rotatable bonds is 3. The zero-order chi connectivity index (χ0) is 10.0. The van der Waals surface area contributed by atoms with E-state index in [9.17, 15) is 5.11 Å². The topological polar surface area (TPSA) is 64.1 Å². The van der Waals surface area contributed by atoms with Gasteiger partial charge in [-0.2, -0.15) is 5.10 Å². The summed E-state index contributed by atoms with van der Waals surface area (Å²) in [6, 6.07) is 0. The zero-order valence-corrected chi connectivity index (χ0v) is 8.54. The van der Waals surface area contributed by atoms with Crippen molar-refractivity contribution in [2.24, 2.45) is 12.8 Å². The van der Waals surface area contributed by atoms with E-state index >= 15 is 0 Å². The normalized spacial score (nSPS) is 13.3. The standard InChI is InChI=1S/C8H14ClN3O/c1-5-7(6(13)3-4-10)8(9)12(2)11-5/h6,13H,3-4,10H2,1-2H3/t6-/m0/s1. The van der Waals surface area contributed by atoms with E-state index in [1.807, 2.05) is 6.92 Å². The van der Waals surface area contributed by atoms with Crippen LogP contribution in [-0.2, 0) is 7.05 Å². The lowest BCUT2D eigenvalue weighted by Gasteiger charge is -2.08. The summed E-state index contributed by atoms with van der Waals surface area (Å²) in [6.07, 6.45) is -0.0992. The van der Waals surface area contributed by atoms with E-state index in [-0.39, 0.29) is 0 Å². The zero-order valence-electron chi connectivity index (χ0n) is 7.79. The molecule has 0 saturated heterocycles.